The van der Waals surface area contributed by atoms with Crippen LogP contribution in [0.4, 0.5) is 4.79 Å². The van der Waals surface area contributed by atoms with Crippen molar-refractivity contribution in [3.05, 3.63) is 0 Å². The summed E-state index contributed by atoms with van der Waals surface area (Å²) in [7, 11) is 1.74. The normalized spacial score (nSPS) is 9.91. The second-order valence-electron chi connectivity index (χ2n) is 2.85. The monoisotopic (exact) mass is 159 g/mol. The second kappa shape index (κ2) is 4.99. The summed E-state index contributed by atoms with van der Waals surface area (Å²) in [5, 5.41) is 0. The van der Waals surface area contributed by atoms with Crippen molar-refractivity contribution in [3.63, 3.8) is 0 Å². The van der Waals surface area contributed by atoms with Crippen LogP contribution in [0.25, 0.3) is 0 Å². The average Bonchev–Trinajstić information content (AvgIpc) is 1.86. The fraction of sp³-hybridized carbons (Fsp3) is 0.875. The van der Waals surface area contributed by atoms with Crippen LogP contribution in [-0.2, 0) is 4.74 Å². The molecule has 0 unspecified atom stereocenters. The van der Waals surface area contributed by atoms with Gasteiger partial charge in [0.25, 0.3) is 0 Å². The number of carbonyl (C=O) groups excluding carboxylic acids is 1. The molecule has 0 aliphatic rings. The summed E-state index contributed by atoms with van der Waals surface area (Å²) in [6, 6.07) is 0. The first-order chi connectivity index (χ1) is 5.07. The zero-order valence-corrected chi connectivity index (χ0v) is 7.76. The lowest BCUT2D eigenvalue weighted by molar-refractivity contribution is 0.0841. The highest BCUT2D eigenvalue weighted by Gasteiger charge is 2.09. The highest BCUT2D eigenvalue weighted by Crippen LogP contribution is 1.95. The largest absolute Gasteiger partial charge is 0.447 e. The van der Waals surface area contributed by atoms with Crippen LogP contribution in [0.5, 0.6) is 0 Å². The predicted octanol–water partition coefficient (Wildman–Crippen LogP) is 1.87. The maximum absolute atomic E-state index is 11.0. The Morgan fingerprint density at radius 2 is 2.09 bits per heavy atom. The molecule has 0 bridgehead atoms. The number of amides is 1. The molecule has 0 N–H and O–H groups in total. The van der Waals surface area contributed by atoms with Crippen LogP contribution in [0.15, 0.2) is 0 Å². The van der Waals surface area contributed by atoms with E-state index in [0.29, 0.717) is 0 Å². The quantitative estimate of drug-likeness (QED) is 0.629. The van der Waals surface area contributed by atoms with E-state index in [1.54, 1.807) is 11.9 Å². The molecule has 3 heteroatoms. The molecule has 0 aliphatic heterocycles. The molecule has 0 aromatic carbocycles. The molecular formula is C8H17NO2. The highest BCUT2D eigenvalue weighted by molar-refractivity contribution is 5.67. The van der Waals surface area contributed by atoms with Crippen molar-refractivity contribution in [2.75, 3.05) is 13.6 Å². The smallest absolute Gasteiger partial charge is 0.409 e. The van der Waals surface area contributed by atoms with Crippen molar-refractivity contribution in [2.45, 2.75) is 33.3 Å². The maximum Gasteiger partial charge on any atom is 0.409 e. The van der Waals surface area contributed by atoms with Gasteiger partial charge in [0.15, 0.2) is 0 Å². The van der Waals surface area contributed by atoms with E-state index in [1.165, 1.54) is 0 Å². The molecule has 0 atom stereocenters. The Morgan fingerprint density at radius 1 is 1.55 bits per heavy atom. The molecule has 0 spiro atoms. The minimum absolute atomic E-state index is 0.0261. The third kappa shape index (κ3) is 4.65. The van der Waals surface area contributed by atoms with Crippen molar-refractivity contribution in [1.29, 1.82) is 0 Å². The Bertz CT molecular complexity index is 123. The van der Waals surface area contributed by atoms with E-state index in [1.807, 2.05) is 20.8 Å². The van der Waals surface area contributed by atoms with Gasteiger partial charge in [-0.05, 0) is 20.3 Å². The SMILES string of the molecule is CCCN(C)C(=O)OC(C)C. The third-order valence-corrected chi connectivity index (χ3v) is 1.21. The molecule has 0 radical (unpaired) electrons. The number of nitrogens with zero attached hydrogens (tertiary/aromatic N) is 1. The van der Waals surface area contributed by atoms with E-state index in [2.05, 4.69) is 0 Å². The van der Waals surface area contributed by atoms with Crippen LogP contribution < -0.4 is 0 Å². The Morgan fingerprint density at radius 3 is 2.45 bits per heavy atom. The average molecular weight is 159 g/mol. The standard InChI is InChI=1S/C8H17NO2/c1-5-6-9(4)8(10)11-7(2)3/h7H,5-6H2,1-4H3. The molecule has 0 saturated carbocycles. The van der Waals surface area contributed by atoms with Gasteiger partial charge >= 0.3 is 6.09 Å². The molecule has 0 saturated heterocycles. The minimum atomic E-state index is -0.234. The van der Waals surface area contributed by atoms with Crippen molar-refractivity contribution in [1.82, 2.24) is 4.90 Å². The van der Waals surface area contributed by atoms with Gasteiger partial charge in [0.05, 0.1) is 6.10 Å². The lowest BCUT2D eigenvalue weighted by atomic mass is 10.4. The number of hydrogen-bond acceptors (Lipinski definition) is 2. The molecule has 0 aromatic rings. The molecule has 0 heterocycles. The summed E-state index contributed by atoms with van der Waals surface area (Å²) in [5.41, 5.74) is 0. The van der Waals surface area contributed by atoms with Gasteiger partial charge in [-0.3, -0.25) is 0 Å². The molecule has 66 valence electrons. The van der Waals surface area contributed by atoms with E-state index in [9.17, 15) is 4.79 Å². The van der Waals surface area contributed by atoms with E-state index in [-0.39, 0.29) is 12.2 Å². The molecule has 11 heavy (non-hydrogen) atoms. The van der Waals surface area contributed by atoms with Gasteiger partial charge in [-0.15, -0.1) is 0 Å². The lowest BCUT2D eigenvalue weighted by Crippen LogP contribution is -2.29. The van der Waals surface area contributed by atoms with E-state index in [4.69, 9.17) is 4.74 Å². The molecule has 0 fully saturated rings. The van der Waals surface area contributed by atoms with Crippen LogP contribution in [0.3, 0.4) is 0 Å². The van der Waals surface area contributed by atoms with Gasteiger partial charge in [-0.2, -0.15) is 0 Å². The van der Waals surface area contributed by atoms with Gasteiger partial charge in [0.2, 0.25) is 0 Å². The Hall–Kier alpha value is -0.730. The maximum atomic E-state index is 11.0. The molecule has 0 rings (SSSR count). The first-order valence-electron chi connectivity index (χ1n) is 3.99. The molecule has 0 aromatic heterocycles. The summed E-state index contributed by atoms with van der Waals surface area (Å²) in [6.45, 7) is 6.47. The number of ether oxygens (including phenoxy) is 1. The molecule has 3 nitrogen and oxygen atoms in total. The topological polar surface area (TPSA) is 29.5 Å². The third-order valence-electron chi connectivity index (χ3n) is 1.21. The summed E-state index contributed by atoms with van der Waals surface area (Å²) >= 11 is 0. The van der Waals surface area contributed by atoms with Gasteiger partial charge in [0, 0.05) is 13.6 Å². The predicted molar refractivity (Wildman–Crippen MR) is 44.5 cm³/mol. The van der Waals surface area contributed by atoms with E-state index >= 15 is 0 Å². The molecular weight excluding hydrogens is 142 g/mol. The number of carbonyl (C=O) groups is 1. The van der Waals surface area contributed by atoms with Crippen LogP contribution in [0.2, 0.25) is 0 Å². The summed E-state index contributed by atoms with van der Waals surface area (Å²) in [6.07, 6.45) is 0.701. The molecule has 1 amide bonds. The van der Waals surface area contributed by atoms with E-state index in [0.717, 1.165) is 13.0 Å². The van der Waals surface area contributed by atoms with Crippen LogP contribution in [0, 0.1) is 0 Å². The van der Waals surface area contributed by atoms with Crippen molar-refractivity contribution >= 4 is 6.09 Å². The Kier molecular flexibility index (Phi) is 4.66. The second-order valence-corrected chi connectivity index (χ2v) is 2.85. The highest BCUT2D eigenvalue weighted by atomic mass is 16.6. The van der Waals surface area contributed by atoms with Crippen molar-refractivity contribution < 1.29 is 9.53 Å². The number of hydrogen-bond donors (Lipinski definition) is 0. The first-order valence-corrected chi connectivity index (χ1v) is 3.99. The summed E-state index contributed by atoms with van der Waals surface area (Å²) < 4.78 is 4.95. The zero-order chi connectivity index (χ0) is 8.85. The zero-order valence-electron chi connectivity index (χ0n) is 7.76. The van der Waals surface area contributed by atoms with Crippen LogP contribution in [-0.4, -0.2) is 30.7 Å². The minimum Gasteiger partial charge on any atom is -0.447 e. The lowest BCUT2D eigenvalue weighted by Gasteiger charge is -2.17. The molecule has 0 aliphatic carbocycles. The van der Waals surface area contributed by atoms with Crippen molar-refractivity contribution in [2.24, 2.45) is 0 Å². The van der Waals surface area contributed by atoms with Crippen LogP contribution in [0.1, 0.15) is 27.2 Å². The van der Waals surface area contributed by atoms with Crippen LogP contribution >= 0.6 is 0 Å². The number of rotatable bonds is 3. The Balaban J connectivity index is 3.64. The fourth-order valence-corrected chi connectivity index (χ4v) is 0.718. The van der Waals surface area contributed by atoms with Gasteiger partial charge < -0.3 is 9.64 Å². The van der Waals surface area contributed by atoms with Gasteiger partial charge in [-0.25, -0.2) is 4.79 Å². The summed E-state index contributed by atoms with van der Waals surface area (Å²) in [5.74, 6) is 0. The van der Waals surface area contributed by atoms with E-state index < -0.39 is 0 Å². The fourth-order valence-electron chi connectivity index (χ4n) is 0.718. The van der Waals surface area contributed by atoms with Crippen molar-refractivity contribution in [3.8, 4) is 0 Å². The Labute approximate surface area is 68.3 Å². The van der Waals surface area contributed by atoms with Gasteiger partial charge in [-0.1, -0.05) is 6.92 Å². The summed E-state index contributed by atoms with van der Waals surface area (Å²) in [4.78, 5) is 12.6. The first kappa shape index (κ1) is 10.3. The van der Waals surface area contributed by atoms with Gasteiger partial charge in [0.1, 0.15) is 0 Å².